The van der Waals surface area contributed by atoms with Gasteiger partial charge in [0.2, 0.25) is 0 Å². The molecule has 3 aliphatic rings. The number of likely N-dealkylation sites (N-methyl/N-ethyl adjacent to an activating group) is 1. The summed E-state index contributed by atoms with van der Waals surface area (Å²) in [5, 5.41) is 12.4. The third kappa shape index (κ3) is 3.15. The zero-order valence-corrected chi connectivity index (χ0v) is 12.5. The van der Waals surface area contributed by atoms with Crippen LogP contribution in [0.15, 0.2) is 0 Å². The number of hydrogen-bond acceptors (Lipinski definition) is 3. The van der Waals surface area contributed by atoms with Crippen molar-refractivity contribution in [2.45, 2.75) is 44.7 Å². The average Bonchev–Trinajstić information content (AvgIpc) is 3.36. The summed E-state index contributed by atoms with van der Waals surface area (Å²) in [6.07, 6.45) is 4.82. The summed E-state index contributed by atoms with van der Waals surface area (Å²) in [6, 6.07) is -0.188. The molecular formula is C15H24N2O4. The van der Waals surface area contributed by atoms with Crippen LogP contribution >= 0.6 is 0 Å². The number of rotatable bonds is 6. The first kappa shape index (κ1) is 14.6. The average molecular weight is 296 g/mol. The van der Waals surface area contributed by atoms with E-state index >= 15 is 0 Å². The molecule has 118 valence electrons. The summed E-state index contributed by atoms with van der Waals surface area (Å²) in [5.41, 5.74) is 0. The van der Waals surface area contributed by atoms with E-state index in [2.05, 4.69) is 5.32 Å². The van der Waals surface area contributed by atoms with Gasteiger partial charge in [0.1, 0.15) is 5.92 Å². The normalized spacial score (nSPS) is 28.7. The highest BCUT2D eigenvalue weighted by Gasteiger charge is 2.44. The van der Waals surface area contributed by atoms with Crippen molar-refractivity contribution in [1.82, 2.24) is 10.2 Å². The highest BCUT2D eigenvalue weighted by atomic mass is 16.5. The smallest absolute Gasteiger partial charge is 0.317 e. The number of hydrogen-bond donors (Lipinski definition) is 2. The Morgan fingerprint density at radius 1 is 1.24 bits per heavy atom. The van der Waals surface area contributed by atoms with Gasteiger partial charge in [-0.2, -0.15) is 0 Å². The molecule has 2 unspecified atom stereocenters. The van der Waals surface area contributed by atoms with Gasteiger partial charge >= 0.3 is 12.0 Å². The Labute approximate surface area is 124 Å². The van der Waals surface area contributed by atoms with Gasteiger partial charge < -0.3 is 20.1 Å². The number of carboxylic acids is 1. The van der Waals surface area contributed by atoms with Crippen molar-refractivity contribution in [2.75, 3.05) is 19.8 Å². The van der Waals surface area contributed by atoms with E-state index in [0.717, 1.165) is 0 Å². The van der Waals surface area contributed by atoms with Gasteiger partial charge in [0.05, 0.1) is 19.3 Å². The maximum atomic E-state index is 12.6. The molecule has 2 aliphatic carbocycles. The number of urea groups is 1. The van der Waals surface area contributed by atoms with E-state index in [1.54, 1.807) is 4.90 Å². The first-order valence-corrected chi connectivity index (χ1v) is 7.99. The van der Waals surface area contributed by atoms with Gasteiger partial charge in [0.25, 0.3) is 0 Å². The van der Waals surface area contributed by atoms with Gasteiger partial charge in [0, 0.05) is 12.6 Å². The molecule has 0 aromatic carbocycles. The molecule has 3 fully saturated rings. The molecule has 0 aromatic rings. The SMILES string of the molecule is CCN(C(=O)NC(C1CC1)C1CC1)C1COCC1C(=O)O. The summed E-state index contributed by atoms with van der Waals surface area (Å²) in [5.74, 6) is -0.230. The van der Waals surface area contributed by atoms with Crippen LogP contribution in [-0.4, -0.2) is 53.8 Å². The Morgan fingerprint density at radius 2 is 1.86 bits per heavy atom. The van der Waals surface area contributed by atoms with Crippen molar-refractivity contribution < 1.29 is 19.4 Å². The zero-order chi connectivity index (χ0) is 15.0. The topological polar surface area (TPSA) is 78.9 Å². The fraction of sp³-hybridized carbons (Fsp3) is 0.867. The van der Waals surface area contributed by atoms with Crippen molar-refractivity contribution in [3.8, 4) is 0 Å². The van der Waals surface area contributed by atoms with Gasteiger partial charge in [-0.1, -0.05) is 0 Å². The van der Waals surface area contributed by atoms with Crippen molar-refractivity contribution >= 4 is 12.0 Å². The third-order valence-corrected chi connectivity index (χ3v) is 4.92. The van der Waals surface area contributed by atoms with Crippen molar-refractivity contribution in [1.29, 1.82) is 0 Å². The summed E-state index contributed by atoms with van der Waals surface area (Å²) >= 11 is 0. The van der Waals surface area contributed by atoms with Crippen molar-refractivity contribution in [2.24, 2.45) is 17.8 Å². The molecule has 1 aliphatic heterocycles. The maximum Gasteiger partial charge on any atom is 0.317 e. The van der Waals surface area contributed by atoms with Gasteiger partial charge in [-0.3, -0.25) is 4.79 Å². The molecular weight excluding hydrogens is 272 g/mol. The van der Waals surface area contributed by atoms with E-state index in [1.807, 2.05) is 6.92 Å². The standard InChI is InChI=1S/C15H24N2O4/c1-2-17(12-8-21-7-11(12)14(18)19)15(20)16-13(9-3-4-9)10-5-6-10/h9-13H,2-8H2,1H3,(H,16,20)(H,18,19). The molecule has 2 saturated carbocycles. The minimum atomic E-state index is -0.885. The molecule has 2 N–H and O–H groups in total. The Balaban J connectivity index is 1.64. The second-order valence-electron chi connectivity index (χ2n) is 6.49. The second kappa shape index (κ2) is 5.83. The van der Waals surface area contributed by atoms with Crippen LogP contribution in [-0.2, 0) is 9.53 Å². The predicted octanol–water partition coefficient (Wildman–Crippen LogP) is 1.31. The van der Waals surface area contributed by atoms with Crippen LogP contribution in [0.3, 0.4) is 0 Å². The van der Waals surface area contributed by atoms with Crippen molar-refractivity contribution in [3.05, 3.63) is 0 Å². The molecule has 0 spiro atoms. The molecule has 3 rings (SSSR count). The van der Waals surface area contributed by atoms with Crippen LogP contribution in [0, 0.1) is 17.8 Å². The predicted molar refractivity (Wildman–Crippen MR) is 75.9 cm³/mol. The van der Waals surface area contributed by atoms with Gasteiger partial charge in [0.15, 0.2) is 0 Å². The zero-order valence-electron chi connectivity index (χ0n) is 12.5. The van der Waals surface area contributed by atoms with Crippen LogP contribution in [0.2, 0.25) is 0 Å². The lowest BCUT2D eigenvalue weighted by Crippen LogP contribution is -2.53. The first-order valence-electron chi connectivity index (χ1n) is 7.99. The summed E-state index contributed by atoms with van der Waals surface area (Å²) in [4.78, 5) is 25.5. The third-order valence-electron chi connectivity index (χ3n) is 4.92. The van der Waals surface area contributed by atoms with E-state index in [0.29, 0.717) is 25.0 Å². The molecule has 2 atom stereocenters. The van der Waals surface area contributed by atoms with Crippen molar-refractivity contribution in [3.63, 3.8) is 0 Å². The minimum Gasteiger partial charge on any atom is -0.481 e. The quantitative estimate of drug-likeness (QED) is 0.774. The molecule has 6 nitrogen and oxygen atoms in total. The fourth-order valence-electron chi connectivity index (χ4n) is 3.37. The van der Waals surface area contributed by atoms with Crippen LogP contribution < -0.4 is 5.32 Å². The molecule has 6 heteroatoms. The molecule has 1 heterocycles. The van der Waals surface area contributed by atoms with Crippen LogP contribution in [0.4, 0.5) is 4.79 Å². The van der Waals surface area contributed by atoms with Crippen LogP contribution in [0.5, 0.6) is 0 Å². The molecule has 0 bridgehead atoms. The lowest BCUT2D eigenvalue weighted by atomic mass is 10.0. The molecule has 2 amide bonds. The molecule has 21 heavy (non-hydrogen) atoms. The Kier molecular flexibility index (Phi) is 4.06. The van der Waals surface area contributed by atoms with Gasteiger partial charge in [-0.25, -0.2) is 4.79 Å². The second-order valence-corrected chi connectivity index (χ2v) is 6.49. The number of carbonyl (C=O) groups excluding carboxylic acids is 1. The van der Waals surface area contributed by atoms with Crippen LogP contribution in [0.1, 0.15) is 32.6 Å². The fourth-order valence-corrected chi connectivity index (χ4v) is 3.37. The Bertz CT molecular complexity index is 408. The van der Waals surface area contributed by atoms with Gasteiger partial charge in [-0.05, 0) is 44.4 Å². The Morgan fingerprint density at radius 3 is 2.33 bits per heavy atom. The molecule has 1 saturated heterocycles. The van der Waals surface area contributed by atoms with E-state index in [-0.39, 0.29) is 24.7 Å². The highest BCUT2D eigenvalue weighted by Crippen LogP contribution is 2.44. The van der Waals surface area contributed by atoms with E-state index in [4.69, 9.17) is 4.74 Å². The lowest BCUT2D eigenvalue weighted by Gasteiger charge is -2.31. The number of ether oxygens (including phenoxy) is 1. The highest BCUT2D eigenvalue weighted by molar-refractivity contribution is 5.77. The number of carboxylic acid groups (broad SMARTS) is 1. The number of aliphatic carboxylic acids is 1. The number of carbonyl (C=O) groups is 2. The first-order chi connectivity index (χ1) is 10.1. The maximum absolute atomic E-state index is 12.6. The van der Waals surface area contributed by atoms with Crippen LogP contribution in [0.25, 0.3) is 0 Å². The Hall–Kier alpha value is -1.30. The molecule has 0 radical (unpaired) electrons. The number of nitrogens with one attached hydrogen (secondary N) is 1. The monoisotopic (exact) mass is 296 g/mol. The van der Waals surface area contributed by atoms with E-state index < -0.39 is 11.9 Å². The largest absolute Gasteiger partial charge is 0.481 e. The lowest BCUT2D eigenvalue weighted by molar-refractivity contribution is -0.142. The summed E-state index contributed by atoms with van der Waals surface area (Å²) < 4.78 is 5.29. The number of nitrogens with zero attached hydrogens (tertiary/aromatic N) is 1. The van der Waals surface area contributed by atoms with E-state index in [9.17, 15) is 14.7 Å². The summed E-state index contributed by atoms with van der Waals surface area (Å²) in [6.45, 7) is 2.90. The van der Waals surface area contributed by atoms with E-state index in [1.165, 1.54) is 25.7 Å². The van der Waals surface area contributed by atoms with Gasteiger partial charge in [-0.15, -0.1) is 0 Å². The summed E-state index contributed by atoms with van der Waals surface area (Å²) in [7, 11) is 0. The number of amides is 2. The minimum absolute atomic E-state index is 0.122. The molecule has 0 aromatic heterocycles.